The van der Waals surface area contributed by atoms with Gasteiger partial charge >= 0.3 is 0 Å². The molecule has 0 aliphatic rings. The van der Waals surface area contributed by atoms with Gasteiger partial charge in [-0.05, 0) is 51.2 Å². The Kier molecular flexibility index (Phi) is 7.77. The highest BCUT2D eigenvalue weighted by molar-refractivity contribution is 6.12. The molecule has 0 unspecified atom stereocenters. The molecule has 4 heteroatoms. The fourth-order valence-corrected chi connectivity index (χ4v) is 7.36. The quantitative estimate of drug-likeness (QED) is 0.163. The summed E-state index contributed by atoms with van der Waals surface area (Å²) in [5, 5.41) is 4.43. The normalized spacial score (nSPS) is 11.3. The topological polar surface area (TPSA) is 51.6 Å². The summed E-state index contributed by atoms with van der Waals surface area (Å²) < 4.78 is 0. The van der Waals surface area contributed by atoms with E-state index in [9.17, 15) is 0 Å². The van der Waals surface area contributed by atoms with Crippen LogP contribution in [0.3, 0.4) is 0 Å². The van der Waals surface area contributed by atoms with Gasteiger partial charge in [-0.15, -0.1) is 0 Å². The Bertz CT molecular complexity index is 2960. The molecule has 0 amide bonds. The Labute approximate surface area is 313 Å². The summed E-state index contributed by atoms with van der Waals surface area (Å²) in [6.45, 7) is 0. The second kappa shape index (κ2) is 13.4. The zero-order chi connectivity index (χ0) is 35.8. The molecule has 252 valence electrons. The molecule has 0 fully saturated rings. The van der Waals surface area contributed by atoms with Crippen LogP contribution in [0.4, 0.5) is 0 Å². The van der Waals surface area contributed by atoms with E-state index in [1.54, 1.807) is 0 Å². The lowest BCUT2D eigenvalue weighted by molar-refractivity contribution is 1.17. The third-order valence-corrected chi connectivity index (χ3v) is 10.1. The van der Waals surface area contributed by atoms with Gasteiger partial charge in [-0.3, -0.25) is 0 Å². The highest BCUT2D eigenvalue weighted by Gasteiger charge is 2.18. The maximum atomic E-state index is 5.45. The molecule has 54 heavy (non-hydrogen) atoms. The van der Waals surface area contributed by atoms with E-state index in [1.165, 1.54) is 16.3 Å². The van der Waals surface area contributed by atoms with Crippen LogP contribution < -0.4 is 0 Å². The van der Waals surface area contributed by atoms with Crippen molar-refractivity contribution in [2.45, 2.75) is 0 Å². The van der Waals surface area contributed by atoms with Gasteiger partial charge in [-0.1, -0.05) is 176 Å². The van der Waals surface area contributed by atoms with Crippen molar-refractivity contribution in [1.29, 1.82) is 0 Å². The molecule has 0 radical (unpaired) electrons. The third kappa shape index (κ3) is 5.76. The highest BCUT2D eigenvalue weighted by atomic mass is 14.9. The summed E-state index contributed by atoms with van der Waals surface area (Å²) in [5.74, 6) is 0.641. The molecule has 7 aromatic carbocycles. The maximum absolute atomic E-state index is 5.45. The summed E-state index contributed by atoms with van der Waals surface area (Å²) in [4.78, 5) is 21.1. The van der Waals surface area contributed by atoms with Crippen LogP contribution in [-0.4, -0.2) is 19.9 Å². The molecule has 0 aliphatic heterocycles. The van der Waals surface area contributed by atoms with E-state index in [0.29, 0.717) is 5.82 Å². The minimum Gasteiger partial charge on any atom is -0.245 e. The number of hydrogen-bond acceptors (Lipinski definition) is 4. The van der Waals surface area contributed by atoms with Crippen molar-refractivity contribution >= 4 is 32.6 Å². The van der Waals surface area contributed by atoms with Crippen LogP contribution in [0.25, 0.3) is 100 Å². The van der Waals surface area contributed by atoms with Crippen molar-refractivity contribution in [3.8, 4) is 67.5 Å². The summed E-state index contributed by atoms with van der Waals surface area (Å²) in [6, 6.07) is 67.4. The summed E-state index contributed by atoms with van der Waals surface area (Å²) in [6.07, 6.45) is 0. The monoisotopic (exact) mass is 688 g/mol. The molecule has 0 saturated heterocycles. The van der Waals surface area contributed by atoms with E-state index in [0.717, 1.165) is 78.0 Å². The fourth-order valence-electron chi connectivity index (χ4n) is 7.36. The van der Waals surface area contributed by atoms with E-state index < -0.39 is 0 Å². The molecular formula is C50H32N4. The largest absolute Gasteiger partial charge is 0.245 e. The van der Waals surface area contributed by atoms with Gasteiger partial charge in [-0.2, -0.15) is 0 Å². The average molecular weight is 689 g/mol. The van der Waals surface area contributed by atoms with Crippen LogP contribution in [0.15, 0.2) is 194 Å². The van der Waals surface area contributed by atoms with Crippen LogP contribution in [0, 0.1) is 0 Å². The smallest absolute Gasteiger partial charge is 0.160 e. The average Bonchev–Trinajstić information content (AvgIpc) is 3.26. The summed E-state index contributed by atoms with van der Waals surface area (Å²) >= 11 is 0. The van der Waals surface area contributed by atoms with Crippen molar-refractivity contribution in [1.82, 2.24) is 19.9 Å². The molecular weight excluding hydrogens is 657 g/mol. The number of fused-ring (bicyclic) bond motifs is 4. The van der Waals surface area contributed by atoms with E-state index >= 15 is 0 Å². The van der Waals surface area contributed by atoms with Gasteiger partial charge < -0.3 is 0 Å². The van der Waals surface area contributed by atoms with E-state index in [1.807, 2.05) is 42.5 Å². The van der Waals surface area contributed by atoms with Gasteiger partial charge in [0.1, 0.15) is 0 Å². The number of aromatic nitrogens is 4. The first-order valence-electron chi connectivity index (χ1n) is 18.1. The number of pyridine rings is 2. The van der Waals surface area contributed by atoms with Crippen LogP contribution in [-0.2, 0) is 0 Å². The number of benzene rings is 7. The Morgan fingerprint density at radius 2 is 0.815 bits per heavy atom. The highest BCUT2D eigenvalue weighted by Crippen LogP contribution is 2.39. The van der Waals surface area contributed by atoms with Gasteiger partial charge in [-0.25, -0.2) is 19.9 Å². The molecule has 4 nitrogen and oxygen atoms in total. The zero-order valence-corrected chi connectivity index (χ0v) is 29.3. The molecule has 3 aromatic heterocycles. The van der Waals surface area contributed by atoms with Gasteiger partial charge in [0.2, 0.25) is 0 Å². The first-order chi connectivity index (χ1) is 26.7. The SMILES string of the molecule is c1ccc(-c2ccc(-c3nc(-c4ccccc4)cc(-c4cc(-c5cccc6ccccc56)c5ccc6ccc(-c7ccccc7)nc6c5n4)n3)cc2)cc1. The Hall–Kier alpha value is -7.30. The van der Waals surface area contributed by atoms with E-state index in [4.69, 9.17) is 19.9 Å². The molecule has 0 spiro atoms. The van der Waals surface area contributed by atoms with E-state index in [2.05, 4.69) is 152 Å². The van der Waals surface area contributed by atoms with Gasteiger partial charge in [0.05, 0.1) is 33.8 Å². The van der Waals surface area contributed by atoms with Gasteiger partial charge in [0.25, 0.3) is 0 Å². The molecule has 0 bridgehead atoms. The predicted octanol–water partition coefficient (Wildman–Crippen LogP) is 12.7. The molecule has 0 aliphatic carbocycles. The van der Waals surface area contributed by atoms with Crippen molar-refractivity contribution in [3.63, 3.8) is 0 Å². The predicted molar refractivity (Wildman–Crippen MR) is 223 cm³/mol. The minimum absolute atomic E-state index is 0.641. The maximum Gasteiger partial charge on any atom is 0.160 e. The molecule has 10 rings (SSSR count). The third-order valence-electron chi connectivity index (χ3n) is 10.1. The Morgan fingerprint density at radius 1 is 0.259 bits per heavy atom. The van der Waals surface area contributed by atoms with Crippen LogP contribution in [0.5, 0.6) is 0 Å². The van der Waals surface area contributed by atoms with Crippen LogP contribution in [0.1, 0.15) is 0 Å². The zero-order valence-electron chi connectivity index (χ0n) is 29.3. The molecule has 0 saturated carbocycles. The molecule has 3 heterocycles. The molecule has 0 N–H and O–H groups in total. The Morgan fingerprint density at radius 3 is 1.57 bits per heavy atom. The van der Waals surface area contributed by atoms with Gasteiger partial charge in [0.15, 0.2) is 5.82 Å². The lowest BCUT2D eigenvalue weighted by atomic mass is 9.93. The van der Waals surface area contributed by atoms with E-state index in [-0.39, 0.29) is 0 Å². The van der Waals surface area contributed by atoms with Crippen LogP contribution in [0.2, 0.25) is 0 Å². The van der Waals surface area contributed by atoms with Crippen molar-refractivity contribution in [3.05, 3.63) is 194 Å². The minimum atomic E-state index is 0.641. The molecule has 10 aromatic rings. The number of rotatable bonds is 6. The summed E-state index contributed by atoms with van der Waals surface area (Å²) in [5.41, 5.74) is 12.5. The lowest BCUT2D eigenvalue weighted by Gasteiger charge is -2.15. The molecule has 0 atom stereocenters. The lowest BCUT2D eigenvalue weighted by Crippen LogP contribution is -1.99. The van der Waals surface area contributed by atoms with Gasteiger partial charge in [0, 0.05) is 27.5 Å². The van der Waals surface area contributed by atoms with Crippen molar-refractivity contribution in [2.75, 3.05) is 0 Å². The second-order valence-corrected chi connectivity index (χ2v) is 13.4. The van der Waals surface area contributed by atoms with Crippen molar-refractivity contribution in [2.24, 2.45) is 0 Å². The fraction of sp³-hybridized carbons (Fsp3) is 0. The first-order valence-corrected chi connectivity index (χ1v) is 18.1. The number of nitrogens with zero attached hydrogens (tertiary/aromatic N) is 4. The first kappa shape index (κ1) is 31.4. The second-order valence-electron chi connectivity index (χ2n) is 13.4. The summed E-state index contributed by atoms with van der Waals surface area (Å²) in [7, 11) is 0. The van der Waals surface area contributed by atoms with Crippen LogP contribution >= 0.6 is 0 Å². The Balaban J connectivity index is 1.23. The number of hydrogen-bond donors (Lipinski definition) is 0. The van der Waals surface area contributed by atoms with Crippen molar-refractivity contribution < 1.29 is 0 Å². The standard InChI is InChI=1S/C50H32N4/c1-4-13-33(14-5-1)34-23-25-39(26-24-34)50-53-45(37-18-8-3-9-19-37)32-47(54-50)46-31-43(41-22-12-20-35-15-10-11-21-40(35)41)42-29-27-38-28-30-44(36-16-6-2-7-17-36)51-48(38)49(42)52-46/h1-32H.